The van der Waals surface area contributed by atoms with Gasteiger partial charge >= 0.3 is 6.61 Å². The summed E-state index contributed by atoms with van der Waals surface area (Å²) in [5.74, 6) is 0.267. The van der Waals surface area contributed by atoms with Crippen LogP contribution in [0.4, 0.5) is 8.78 Å². The van der Waals surface area contributed by atoms with Gasteiger partial charge < -0.3 is 10.1 Å². The minimum Gasteiger partial charge on any atom is -0.434 e. The molecular formula is C16H24F2N2O. The van der Waals surface area contributed by atoms with E-state index in [4.69, 9.17) is 0 Å². The van der Waals surface area contributed by atoms with Crippen LogP contribution in [0.5, 0.6) is 5.75 Å². The van der Waals surface area contributed by atoms with Gasteiger partial charge in [-0.2, -0.15) is 8.78 Å². The Labute approximate surface area is 125 Å². The van der Waals surface area contributed by atoms with Crippen LogP contribution in [-0.2, 0) is 0 Å². The van der Waals surface area contributed by atoms with Gasteiger partial charge in [0, 0.05) is 24.2 Å². The Morgan fingerprint density at radius 1 is 1.33 bits per heavy atom. The van der Waals surface area contributed by atoms with Crippen molar-refractivity contribution >= 4 is 0 Å². The maximum absolute atomic E-state index is 12.5. The molecule has 0 saturated carbocycles. The first-order chi connectivity index (χ1) is 10.1. The van der Waals surface area contributed by atoms with Crippen molar-refractivity contribution in [3.05, 3.63) is 29.8 Å². The predicted octanol–water partition coefficient (Wildman–Crippen LogP) is 3.42. The van der Waals surface area contributed by atoms with Crippen molar-refractivity contribution in [1.29, 1.82) is 0 Å². The average Bonchev–Trinajstić information content (AvgIpc) is 2.47. The van der Waals surface area contributed by atoms with E-state index >= 15 is 0 Å². The van der Waals surface area contributed by atoms with Gasteiger partial charge in [-0.3, -0.25) is 4.90 Å². The van der Waals surface area contributed by atoms with E-state index in [0.717, 1.165) is 18.7 Å². The van der Waals surface area contributed by atoms with Gasteiger partial charge in [0.25, 0.3) is 0 Å². The zero-order chi connectivity index (χ0) is 15.2. The second kappa shape index (κ2) is 7.71. The van der Waals surface area contributed by atoms with Crippen molar-refractivity contribution in [2.24, 2.45) is 0 Å². The Morgan fingerprint density at radius 3 is 2.76 bits per heavy atom. The number of halogens is 2. The Kier molecular flexibility index (Phi) is 5.94. The minimum absolute atomic E-state index is 0.0312. The molecule has 2 atom stereocenters. The monoisotopic (exact) mass is 298 g/mol. The molecule has 1 saturated heterocycles. The summed E-state index contributed by atoms with van der Waals surface area (Å²) in [6.45, 7) is 1.21. The molecule has 118 valence electrons. The van der Waals surface area contributed by atoms with Crippen molar-refractivity contribution in [3.63, 3.8) is 0 Å². The maximum Gasteiger partial charge on any atom is 0.387 e. The Bertz CT molecular complexity index is 436. The second-order valence-electron chi connectivity index (χ2n) is 5.68. The number of alkyl halides is 2. The molecule has 5 heteroatoms. The fraction of sp³-hybridized carbons (Fsp3) is 0.625. The average molecular weight is 298 g/mol. The lowest BCUT2D eigenvalue weighted by Gasteiger charge is -2.32. The van der Waals surface area contributed by atoms with Crippen LogP contribution in [0.3, 0.4) is 0 Å². The van der Waals surface area contributed by atoms with Gasteiger partial charge in [0.1, 0.15) is 5.75 Å². The zero-order valence-electron chi connectivity index (χ0n) is 12.7. The number of benzene rings is 1. The molecule has 1 N–H and O–H groups in total. The quantitative estimate of drug-likeness (QED) is 0.871. The van der Waals surface area contributed by atoms with Gasteiger partial charge in [0.2, 0.25) is 0 Å². The minimum atomic E-state index is -2.79. The van der Waals surface area contributed by atoms with Gasteiger partial charge in [-0.1, -0.05) is 24.6 Å². The smallest absolute Gasteiger partial charge is 0.387 e. The molecular weight excluding hydrogens is 274 g/mol. The highest BCUT2D eigenvalue weighted by Crippen LogP contribution is 2.29. The third-order valence-electron chi connectivity index (χ3n) is 4.17. The molecule has 1 aromatic rings. The van der Waals surface area contributed by atoms with Crippen LogP contribution in [0.25, 0.3) is 0 Å². The van der Waals surface area contributed by atoms with Crippen molar-refractivity contribution in [2.45, 2.75) is 44.9 Å². The van der Waals surface area contributed by atoms with Gasteiger partial charge in [-0.15, -0.1) is 0 Å². The van der Waals surface area contributed by atoms with E-state index < -0.39 is 6.61 Å². The van der Waals surface area contributed by atoms with Crippen molar-refractivity contribution in [3.8, 4) is 5.75 Å². The molecule has 3 nitrogen and oxygen atoms in total. The van der Waals surface area contributed by atoms with E-state index in [2.05, 4.69) is 15.0 Å². The van der Waals surface area contributed by atoms with Gasteiger partial charge in [0.15, 0.2) is 0 Å². The first-order valence-electron chi connectivity index (χ1n) is 7.55. The van der Waals surface area contributed by atoms with Crippen LogP contribution in [0.2, 0.25) is 0 Å². The molecule has 21 heavy (non-hydrogen) atoms. The van der Waals surface area contributed by atoms with E-state index in [1.165, 1.54) is 19.3 Å². The largest absolute Gasteiger partial charge is 0.434 e. The molecule has 1 aliphatic heterocycles. The van der Waals surface area contributed by atoms with E-state index in [1.54, 1.807) is 12.1 Å². The summed E-state index contributed by atoms with van der Waals surface area (Å²) in [7, 11) is 2.03. The number of hydrogen-bond acceptors (Lipinski definition) is 3. The molecule has 1 fully saturated rings. The highest BCUT2D eigenvalue weighted by Gasteiger charge is 2.21. The van der Waals surface area contributed by atoms with Crippen molar-refractivity contribution in [1.82, 2.24) is 10.2 Å². The van der Waals surface area contributed by atoms with Crippen LogP contribution in [0.15, 0.2) is 24.3 Å². The molecule has 1 heterocycles. The van der Waals surface area contributed by atoms with Gasteiger partial charge in [0.05, 0.1) is 0 Å². The van der Waals surface area contributed by atoms with E-state index in [1.807, 2.05) is 26.1 Å². The molecule has 0 aliphatic carbocycles. The highest BCUT2D eigenvalue weighted by molar-refractivity contribution is 5.35. The number of likely N-dealkylation sites (N-methyl/N-ethyl adjacent to an activating group) is 1. The van der Waals surface area contributed by atoms with Crippen LogP contribution in [0.1, 0.15) is 37.8 Å². The van der Waals surface area contributed by atoms with E-state index in [0.29, 0.717) is 6.04 Å². The molecule has 1 aromatic carbocycles. The molecule has 2 unspecified atom stereocenters. The zero-order valence-corrected chi connectivity index (χ0v) is 12.7. The second-order valence-corrected chi connectivity index (χ2v) is 5.68. The number of ether oxygens (including phenoxy) is 1. The van der Waals surface area contributed by atoms with E-state index in [9.17, 15) is 8.78 Å². The van der Waals surface area contributed by atoms with Crippen LogP contribution in [0, 0.1) is 0 Å². The number of hydrogen-bond donors (Lipinski definition) is 1. The topological polar surface area (TPSA) is 24.5 Å². The number of para-hydroxylation sites is 1. The first kappa shape index (κ1) is 16.2. The van der Waals surface area contributed by atoms with Crippen LogP contribution in [-0.4, -0.2) is 37.7 Å². The number of rotatable bonds is 6. The summed E-state index contributed by atoms with van der Waals surface area (Å²) in [5, 5.41) is 3.51. The molecule has 1 aliphatic rings. The summed E-state index contributed by atoms with van der Waals surface area (Å²) in [6, 6.07) is 7.55. The molecule has 0 amide bonds. The Morgan fingerprint density at radius 2 is 2.10 bits per heavy atom. The summed E-state index contributed by atoms with van der Waals surface area (Å²) in [6.07, 6.45) is 3.66. The molecule has 2 rings (SSSR count). The van der Waals surface area contributed by atoms with Crippen molar-refractivity contribution < 1.29 is 13.5 Å². The molecule has 0 bridgehead atoms. The number of nitrogens with one attached hydrogen (secondary N) is 1. The third-order valence-corrected chi connectivity index (χ3v) is 4.17. The Balaban J connectivity index is 2.02. The number of nitrogens with zero attached hydrogens (tertiary/aromatic N) is 1. The summed E-state index contributed by atoms with van der Waals surface area (Å²) < 4.78 is 29.6. The molecule has 0 aromatic heterocycles. The van der Waals surface area contributed by atoms with E-state index in [-0.39, 0.29) is 11.8 Å². The SMILES string of the molecule is CC(c1ccccc1OC(F)F)N(C)CC1CCCCN1. The van der Waals surface area contributed by atoms with Crippen LogP contribution < -0.4 is 10.1 Å². The number of piperidine rings is 1. The highest BCUT2D eigenvalue weighted by atomic mass is 19.3. The predicted molar refractivity (Wildman–Crippen MR) is 79.8 cm³/mol. The standard InChI is InChI=1S/C16H24F2N2O/c1-12(20(2)11-13-7-5-6-10-19-13)14-8-3-4-9-15(14)21-16(17)18/h3-4,8-9,12-13,16,19H,5-7,10-11H2,1-2H3. The normalized spacial score (nSPS) is 20.8. The third kappa shape index (κ3) is 4.64. The fourth-order valence-electron chi connectivity index (χ4n) is 2.85. The fourth-order valence-corrected chi connectivity index (χ4v) is 2.85. The lowest BCUT2D eigenvalue weighted by molar-refractivity contribution is -0.0510. The van der Waals surface area contributed by atoms with Gasteiger partial charge in [-0.25, -0.2) is 0 Å². The molecule has 0 spiro atoms. The van der Waals surface area contributed by atoms with Crippen LogP contribution >= 0.6 is 0 Å². The first-order valence-corrected chi connectivity index (χ1v) is 7.55. The summed E-state index contributed by atoms with van der Waals surface area (Å²) in [5.41, 5.74) is 0.802. The van der Waals surface area contributed by atoms with Crippen molar-refractivity contribution in [2.75, 3.05) is 20.1 Å². The maximum atomic E-state index is 12.5. The lowest BCUT2D eigenvalue weighted by atomic mass is 10.0. The Hall–Kier alpha value is -1.20. The molecule has 0 radical (unpaired) electrons. The van der Waals surface area contributed by atoms with Gasteiger partial charge in [-0.05, 0) is 39.4 Å². The summed E-state index contributed by atoms with van der Waals surface area (Å²) in [4.78, 5) is 2.19. The summed E-state index contributed by atoms with van der Waals surface area (Å²) >= 11 is 0. The lowest BCUT2D eigenvalue weighted by Crippen LogP contribution is -2.43.